The van der Waals surface area contributed by atoms with Gasteiger partial charge in [-0.25, -0.2) is 4.79 Å². The molecule has 2 heterocycles. The Morgan fingerprint density at radius 2 is 1.92 bits per heavy atom. The zero-order valence-electron chi connectivity index (χ0n) is 15.1. The van der Waals surface area contributed by atoms with Gasteiger partial charge in [0.05, 0.1) is 17.6 Å². The molecule has 0 radical (unpaired) electrons. The van der Waals surface area contributed by atoms with Crippen molar-refractivity contribution >= 4 is 22.6 Å². The largest absolute Gasteiger partial charge is 0.330 e. The van der Waals surface area contributed by atoms with E-state index in [9.17, 15) is 9.59 Å². The number of hydrogen-bond donors (Lipinski definition) is 2. The molecule has 1 aromatic carbocycles. The number of pyridine rings is 1. The maximum absolute atomic E-state index is 12.1. The van der Waals surface area contributed by atoms with Gasteiger partial charge in [0.25, 0.3) is 5.56 Å². The number of aryl methyl sites for hydroxylation is 1. The highest BCUT2D eigenvalue weighted by Gasteiger charge is 2.17. The second-order valence-electron chi connectivity index (χ2n) is 6.98. The zero-order chi connectivity index (χ0) is 18.9. The molecule has 136 valence electrons. The number of benzene rings is 1. The van der Waals surface area contributed by atoms with E-state index in [1.807, 2.05) is 26.8 Å². The van der Waals surface area contributed by atoms with Crippen LogP contribution in [0.4, 0.5) is 10.5 Å². The lowest BCUT2D eigenvalue weighted by Gasteiger charge is -2.15. The van der Waals surface area contributed by atoms with Gasteiger partial charge in [0.15, 0.2) is 5.82 Å². The molecule has 9 nitrogen and oxygen atoms in total. The average Bonchev–Trinajstić information content (AvgIpc) is 3.06. The summed E-state index contributed by atoms with van der Waals surface area (Å²) in [5.41, 5.74) is 0.953. The summed E-state index contributed by atoms with van der Waals surface area (Å²) in [5, 5.41) is 18.5. The molecule has 0 aliphatic carbocycles. The maximum atomic E-state index is 12.1. The fourth-order valence-electron chi connectivity index (χ4n) is 2.38. The molecule has 9 heteroatoms. The first-order chi connectivity index (χ1) is 12.2. The van der Waals surface area contributed by atoms with Gasteiger partial charge in [-0.05, 0) is 49.6 Å². The number of carbonyl (C=O) groups is 1. The molecule has 0 atom stereocenters. The second kappa shape index (κ2) is 6.58. The van der Waals surface area contributed by atoms with Gasteiger partial charge in [-0.15, -0.1) is 10.2 Å². The molecular formula is C17H21N7O2. The predicted molar refractivity (Wildman–Crippen MR) is 97.9 cm³/mol. The van der Waals surface area contributed by atoms with Gasteiger partial charge in [0.2, 0.25) is 0 Å². The molecule has 2 amide bonds. The van der Waals surface area contributed by atoms with Crippen LogP contribution in [0.25, 0.3) is 10.9 Å². The van der Waals surface area contributed by atoms with Gasteiger partial charge in [-0.1, -0.05) is 6.07 Å². The number of anilines is 1. The van der Waals surface area contributed by atoms with Crippen molar-refractivity contribution in [2.45, 2.75) is 32.9 Å². The Kier molecular flexibility index (Phi) is 4.45. The van der Waals surface area contributed by atoms with Crippen LogP contribution >= 0.6 is 0 Å². The Balaban J connectivity index is 1.66. The molecule has 3 rings (SSSR count). The van der Waals surface area contributed by atoms with Gasteiger partial charge < -0.3 is 15.2 Å². The summed E-state index contributed by atoms with van der Waals surface area (Å²) in [6.07, 6.45) is 0. The summed E-state index contributed by atoms with van der Waals surface area (Å²) in [6.45, 7) is 6.05. The van der Waals surface area contributed by atoms with Crippen LogP contribution < -0.4 is 16.2 Å². The quantitative estimate of drug-likeness (QED) is 0.742. The summed E-state index contributed by atoms with van der Waals surface area (Å²) >= 11 is 0. The molecule has 0 bridgehead atoms. The van der Waals surface area contributed by atoms with Crippen LogP contribution in [0.5, 0.6) is 0 Å². The number of hydrogen-bond acceptors (Lipinski definition) is 5. The Hall–Kier alpha value is -3.23. The third kappa shape index (κ3) is 3.71. The first-order valence-corrected chi connectivity index (χ1v) is 8.18. The Bertz CT molecular complexity index is 1010. The SMILES string of the molecule is Cn1c(=O)ccc2ccc(NC(=O)NCc3nnn(C(C)(C)C)n3)cc21. The minimum Gasteiger partial charge on any atom is -0.330 e. The monoisotopic (exact) mass is 355 g/mol. The molecule has 0 fully saturated rings. The first-order valence-electron chi connectivity index (χ1n) is 8.18. The molecule has 0 unspecified atom stereocenters. The maximum Gasteiger partial charge on any atom is 0.319 e. The topological polar surface area (TPSA) is 107 Å². The van der Waals surface area contributed by atoms with E-state index in [4.69, 9.17) is 0 Å². The number of aromatic nitrogens is 5. The highest BCUT2D eigenvalue weighted by Crippen LogP contribution is 2.17. The van der Waals surface area contributed by atoms with Gasteiger partial charge >= 0.3 is 6.03 Å². The minimum atomic E-state index is -0.391. The van der Waals surface area contributed by atoms with Crippen molar-refractivity contribution in [3.8, 4) is 0 Å². The van der Waals surface area contributed by atoms with Crippen molar-refractivity contribution in [3.05, 3.63) is 46.5 Å². The predicted octanol–water partition coefficient (Wildman–Crippen LogP) is 1.60. The molecule has 0 spiro atoms. The molecular weight excluding hydrogens is 334 g/mol. The molecule has 26 heavy (non-hydrogen) atoms. The lowest BCUT2D eigenvalue weighted by atomic mass is 10.1. The van der Waals surface area contributed by atoms with Crippen LogP contribution in [-0.4, -0.2) is 30.8 Å². The number of urea groups is 1. The summed E-state index contributed by atoms with van der Waals surface area (Å²) in [7, 11) is 1.69. The van der Waals surface area contributed by atoms with Gasteiger partial charge in [0, 0.05) is 18.8 Å². The van der Waals surface area contributed by atoms with Crippen molar-refractivity contribution in [2.24, 2.45) is 7.05 Å². The highest BCUT2D eigenvalue weighted by atomic mass is 16.2. The Morgan fingerprint density at radius 3 is 2.62 bits per heavy atom. The second-order valence-corrected chi connectivity index (χ2v) is 6.98. The number of tetrazole rings is 1. The normalized spacial score (nSPS) is 11.5. The molecule has 2 N–H and O–H groups in total. The van der Waals surface area contributed by atoms with E-state index in [1.54, 1.807) is 25.2 Å². The van der Waals surface area contributed by atoms with Crippen molar-refractivity contribution in [2.75, 3.05) is 5.32 Å². The molecule has 3 aromatic rings. The van der Waals surface area contributed by atoms with E-state index in [1.165, 1.54) is 15.4 Å². The van der Waals surface area contributed by atoms with Crippen LogP contribution in [0.2, 0.25) is 0 Å². The number of rotatable bonds is 3. The van der Waals surface area contributed by atoms with E-state index >= 15 is 0 Å². The fourth-order valence-corrected chi connectivity index (χ4v) is 2.38. The number of fused-ring (bicyclic) bond motifs is 1. The van der Waals surface area contributed by atoms with Gasteiger partial charge in [-0.3, -0.25) is 4.79 Å². The van der Waals surface area contributed by atoms with Crippen LogP contribution in [0.1, 0.15) is 26.6 Å². The van der Waals surface area contributed by atoms with Crippen molar-refractivity contribution in [1.29, 1.82) is 0 Å². The highest BCUT2D eigenvalue weighted by molar-refractivity contribution is 5.92. The van der Waals surface area contributed by atoms with Crippen molar-refractivity contribution in [3.63, 3.8) is 0 Å². The third-order valence-corrected chi connectivity index (χ3v) is 3.85. The average molecular weight is 355 g/mol. The lowest BCUT2D eigenvalue weighted by Crippen LogP contribution is -2.29. The van der Waals surface area contributed by atoms with Crippen LogP contribution in [0.15, 0.2) is 35.1 Å². The number of nitrogens with zero attached hydrogens (tertiary/aromatic N) is 5. The molecule has 2 aromatic heterocycles. The van der Waals surface area contributed by atoms with E-state index in [-0.39, 0.29) is 17.6 Å². The van der Waals surface area contributed by atoms with E-state index in [2.05, 4.69) is 26.0 Å². The molecule has 0 saturated carbocycles. The summed E-state index contributed by atoms with van der Waals surface area (Å²) in [6, 6.07) is 8.26. The van der Waals surface area contributed by atoms with Gasteiger partial charge in [-0.2, -0.15) is 4.80 Å². The van der Waals surface area contributed by atoms with Crippen LogP contribution in [-0.2, 0) is 19.1 Å². The summed E-state index contributed by atoms with van der Waals surface area (Å²) in [4.78, 5) is 25.3. The summed E-state index contributed by atoms with van der Waals surface area (Å²) < 4.78 is 1.53. The number of nitrogens with one attached hydrogen (secondary N) is 2. The zero-order valence-corrected chi connectivity index (χ0v) is 15.1. The Morgan fingerprint density at radius 1 is 1.19 bits per heavy atom. The van der Waals surface area contributed by atoms with Crippen molar-refractivity contribution in [1.82, 2.24) is 30.1 Å². The first kappa shape index (κ1) is 17.6. The number of carbonyl (C=O) groups excluding carboxylic acids is 1. The van der Waals surface area contributed by atoms with Gasteiger partial charge in [0.1, 0.15) is 0 Å². The minimum absolute atomic E-state index is 0.105. The van der Waals surface area contributed by atoms with E-state index in [0.717, 1.165) is 10.9 Å². The third-order valence-electron chi connectivity index (χ3n) is 3.85. The van der Waals surface area contributed by atoms with E-state index < -0.39 is 6.03 Å². The fraction of sp³-hybridized carbons (Fsp3) is 0.353. The molecule has 0 aliphatic rings. The van der Waals surface area contributed by atoms with Crippen LogP contribution in [0.3, 0.4) is 0 Å². The summed E-state index contributed by atoms with van der Waals surface area (Å²) in [5.74, 6) is 0.427. The smallest absolute Gasteiger partial charge is 0.319 e. The van der Waals surface area contributed by atoms with Crippen LogP contribution in [0, 0.1) is 0 Å². The Labute approximate surface area is 150 Å². The molecule has 0 aliphatic heterocycles. The standard InChI is InChI=1S/C17H21N7O2/c1-17(2,3)24-21-14(20-22-24)10-18-16(26)19-12-7-5-11-6-8-15(25)23(4)13(11)9-12/h5-9H,10H2,1-4H3,(H2,18,19,26). The van der Waals surface area contributed by atoms with E-state index in [0.29, 0.717) is 11.5 Å². The lowest BCUT2D eigenvalue weighted by molar-refractivity contribution is 0.251. The molecule has 0 saturated heterocycles. The number of amides is 2. The van der Waals surface area contributed by atoms with Crippen molar-refractivity contribution < 1.29 is 4.79 Å².